The number of piperidine rings is 1. The first kappa shape index (κ1) is 13.1. The van der Waals surface area contributed by atoms with E-state index in [1.54, 1.807) is 7.11 Å². The molecule has 1 aromatic carbocycles. The first-order chi connectivity index (χ1) is 8.70. The number of nitrogens with zero attached hydrogens (tertiary/aromatic N) is 1. The molecule has 1 unspecified atom stereocenters. The highest BCUT2D eigenvalue weighted by Gasteiger charge is 2.23. The van der Waals surface area contributed by atoms with Crippen molar-refractivity contribution < 1.29 is 9.53 Å². The van der Waals surface area contributed by atoms with Gasteiger partial charge in [-0.15, -0.1) is 0 Å². The number of carbonyl (C=O) groups is 1. The van der Waals surface area contributed by atoms with E-state index in [1.165, 1.54) is 5.56 Å². The second kappa shape index (κ2) is 6.01. The fourth-order valence-electron chi connectivity index (χ4n) is 2.56. The maximum absolute atomic E-state index is 11.3. The zero-order valence-electron chi connectivity index (χ0n) is 11.2. The first-order valence-corrected chi connectivity index (χ1v) is 6.58. The van der Waals surface area contributed by atoms with Gasteiger partial charge in [0.15, 0.2) is 0 Å². The van der Waals surface area contributed by atoms with Gasteiger partial charge in [0.25, 0.3) is 0 Å². The smallest absolute Gasteiger partial charge is 0.135 e. The van der Waals surface area contributed by atoms with Crippen molar-refractivity contribution in [3.8, 4) is 5.75 Å². The summed E-state index contributed by atoms with van der Waals surface area (Å²) in [5, 5.41) is 0. The molecule has 0 radical (unpaired) electrons. The number of hydrogen-bond donors (Lipinski definition) is 0. The number of para-hydroxylation sites is 1. The predicted molar refractivity (Wildman–Crippen MR) is 72.0 cm³/mol. The first-order valence-electron chi connectivity index (χ1n) is 6.58. The molecular formula is C15H21NO2. The van der Waals surface area contributed by atoms with Crippen LogP contribution in [0.25, 0.3) is 0 Å². The Kier molecular flexibility index (Phi) is 4.37. The minimum absolute atomic E-state index is 0.376. The molecule has 0 N–H and O–H groups in total. The third kappa shape index (κ3) is 3.10. The van der Waals surface area contributed by atoms with Gasteiger partial charge in [0.1, 0.15) is 11.5 Å². The molecule has 0 amide bonds. The molecule has 0 aliphatic carbocycles. The fraction of sp³-hybridized carbons (Fsp3) is 0.533. The third-order valence-corrected chi connectivity index (χ3v) is 3.69. The lowest BCUT2D eigenvalue weighted by molar-refractivity contribution is -0.122. The zero-order valence-corrected chi connectivity index (χ0v) is 11.2. The molecule has 98 valence electrons. The van der Waals surface area contributed by atoms with Crippen molar-refractivity contribution in [2.45, 2.75) is 32.2 Å². The Bertz CT molecular complexity index is 417. The molecule has 1 saturated heterocycles. The standard InChI is InChI=1S/C15H21NO2/c1-12-11-14(17)8-10-16(12)9-7-13-5-3-4-6-15(13)18-2/h3-6,12H,7-11H2,1-2H3. The molecule has 2 rings (SSSR count). The summed E-state index contributed by atoms with van der Waals surface area (Å²) in [7, 11) is 1.71. The van der Waals surface area contributed by atoms with Crippen LogP contribution in [0.15, 0.2) is 24.3 Å². The number of likely N-dealkylation sites (tertiary alicyclic amines) is 1. The van der Waals surface area contributed by atoms with E-state index in [0.717, 1.165) is 25.3 Å². The van der Waals surface area contributed by atoms with E-state index in [1.807, 2.05) is 18.2 Å². The van der Waals surface area contributed by atoms with Gasteiger partial charge in [0, 0.05) is 32.0 Å². The molecule has 1 fully saturated rings. The van der Waals surface area contributed by atoms with Gasteiger partial charge < -0.3 is 4.74 Å². The lowest BCUT2D eigenvalue weighted by Gasteiger charge is -2.32. The summed E-state index contributed by atoms with van der Waals surface area (Å²) in [6, 6.07) is 8.52. The molecule has 3 nitrogen and oxygen atoms in total. The summed E-state index contributed by atoms with van der Waals surface area (Å²) in [6.45, 7) is 4.03. The Balaban J connectivity index is 1.93. The van der Waals surface area contributed by atoms with Crippen LogP contribution in [0.5, 0.6) is 5.75 Å². The normalized spacial score (nSPS) is 21.0. The average molecular weight is 247 g/mol. The molecule has 3 heteroatoms. The summed E-state index contributed by atoms with van der Waals surface area (Å²) in [5.41, 5.74) is 1.24. The van der Waals surface area contributed by atoms with Crippen molar-refractivity contribution in [2.24, 2.45) is 0 Å². The van der Waals surface area contributed by atoms with Crippen LogP contribution in [0.2, 0.25) is 0 Å². The summed E-state index contributed by atoms with van der Waals surface area (Å²) in [6.07, 6.45) is 2.38. The second-order valence-corrected chi connectivity index (χ2v) is 4.94. The number of benzene rings is 1. The second-order valence-electron chi connectivity index (χ2n) is 4.94. The molecule has 1 aromatic rings. The van der Waals surface area contributed by atoms with Gasteiger partial charge in [-0.25, -0.2) is 0 Å². The van der Waals surface area contributed by atoms with Gasteiger partial charge in [0.2, 0.25) is 0 Å². The van der Waals surface area contributed by atoms with Crippen molar-refractivity contribution in [2.75, 3.05) is 20.2 Å². The molecule has 0 spiro atoms. The van der Waals surface area contributed by atoms with Crippen LogP contribution in [0.4, 0.5) is 0 Å². The Morgan fingerprint density at radius 1 is 1.39 bits per heavy atom. The molecule has 1 aliphatic rings. The van der Waals surface area contributed by atoms with Crippen molar-refractivity contribution in [1.29, 1.82) is 0 Å². The average Bonchev–Trinajstić information content (AvgIpc) is 2.38. The monoisotopic (exact) mass is 247 g/mol. The maximum atomic E-state index is 11.3. The Labute approximate surface area is 109 Å². The molecule has 0 aromatic heterocycles. The molecular weight excluding hydrogens is 226 g/mol. The SMILES string of the molecule is COc1ccccc1CCN1CCC(=O)CC1C. The topological polar surface area (TPSA) is 29.5 Å². The largest absolute Gasteiger partial charge is 0.496 e. The van der Waals surface area contributed by atoms with E-state index in [0.29, 0.717) is 24.7 Å². The molecule has 1 heterocycles. The van der Waals surface area contributed by atoms with Crippen LogP contribution < -0.4 is 4.74 Å². The van der Waals surface area contributed by atoms with Crippen LogP contribution in [0.1, 0.15) is 25.3 Å². The molecule has 18 heavy (non-hydrogen) atoms. The van der Waals surface area contributed by atoms with Gasteiger partial charge in [-0.1, -0.05) is 18.2 Å². The van der Waals surface area contributed by atoms with Crippen LogP contribution in [0.3, 0.4) is 0 Å². The van der Waals surface area contributed by atoms with Crippen molar-refractivity contribution in [3.63, 3.8) is 0 Å². The zero-order chi connectivity index (χ0) is 13.0. The molecule has 1 aliphatic heterocycles. The number of hydrogen-bond acceptors (Lipinski definition) is 3. The fourth-order valence-corrected chi connectivity index (χ4v) is 2.56. The number of rotatable bonds is 4. The Hall–Kier alpha value is -1.35. The highest BCUT2D eigenvalue weighted by atomic mass is 16.5. The lowest BCUT2D eigenvalue weighted by atomic mass is 10.0. The van der Waals surface area contributed by atoms with E-state index in [9.17, 15) is 4.79 Å². The van der Waals surface area contributed by atoms with Gasteiger partial charge in [0.05, 0.1) is 7.11 Å². The van der Waals surface area contributed by atoms with Gasteiger partial charge in [-0.3, -0.25) is 9.69 Å². The summed E-state index contributed by atoms with van der Waals surface area (Å²) in [4.78, 5) is 13.7. The van der Waals surface area contributed by atoms with E-state index >= 15 is 0 Å². The van der Waals surface area contributed by atoms with Crippen molar-refractivity contribution >= 4 is 5.78 Å². The maximum Gasteiger partial charge on any atom is 0.135 e. The van der Waals surface area contributed by atoms with E-state index in [4.69, 9.17) is 4.74 Å². The molecule has 0 saturated carbocycles. The van der Waals surface area contributed by atoms with Crippen molar-refractivity contribution in [3.05, 3.63) is 29.8 Å². The van der Waals surface area contributed by atoms with Gasteiger partial charge >= 0.3 is 0 Å². The van der Waals surface area contributed by atoms with E-state index in [-0.39, 0.29) is 0 Å². The van der Waals surface area contributed by atoms with Gasteiger partial charge in [-0.05, 0) is 25.0 Å². The summed E-state index contributed by atoms with van der Waals surface area (Å²) < 4.78 is 5.36. The number of carbonyl (C=O) groups excluding carboxylic acids is 1. The highest BCUT2D eigenvalue weighted by Crippen LogP contribution is 2.20. The molecule has 1 atom stereocenters. The molecule has 0 bridgehead atoms. The number of ether oxygens (including phenoxy) is 1. The number of ketones is 1. The Morgan fingerprint density at radius 2 is 2.17 bits per heavy atom. The third-order valence-electron chi connectivity index (χ3n) is 3.69. The number of Topliss-reactive ketones (excluding diaryl/α,β-unsaturated/α-hetero) is 1. The number of methoxy groups -OCH3 is 1. The van der Waals surface area contributed by atoms with Gasteiger partial charge in [-0.2, -0.15) is 0 Å². The minimum atomic E-state index is 0.376. The van der Waals surface area contributed by atoms with Crippen LogP contribution >= 0.6 is 0 Å². The van der Waals surface area contributed by atoms with E-state index in [2.05, 4.69) is 17.9 Å². The Morgan fingerprint density at radius 3 is 2.89 bits per heavy atom. The van der Waals surface area contributed by atoms with Crippen molar-refractivity contribution in [1.82, 2.24) is 4.90 Å². The van der Waals surface area contributed by atoms with Crippen LogP contribution in [0, 0.1) is 0 Å². The quantitative estimate of drug-likeness (QED) is 0.817. The van der Waals surface area contributed by atoms with Crippen LogP contribution in [-0.4, -0.2) is 36.9 Å². The minimum Gasteiger partial charge on any atom is -0.496 e. The lowest BCUT2D eigenvalue weighted by Crippen LogP contribution is -2.42. The predicted octanol–water partition coefficient (Wildman–Crippen LogP) is 2.29. The summed E-state index contributed by atoms with van der Waals surface area (Å²) in [5.74, 6) is 1.36. The highest BCUT2D eigenvalue weighted by molar-refractivity contribution is 5.79. The van der Waals surface area contributed by atoms with E-state index < -0.39 is 0 Å². The summed E-state index contributed by atoms with van der Waals surface area (Å²) >= 11 is 0. The van der Waals surface area contributed by atoms with Crippen LogP contribution in [-0.2, 0) is 11.2 Å².